The monoisotopic (exact) mass is 376 g/mol. The first-order chi connectivity index (χ1) is 12.1. The Labute approximate surface area is 157 Å². The molecule has 1 aliphatic rings. The average Bonchev–Trinajstić information content (AvgIpc) is 2.88. The Hall–Kier alpha value is -0.300. The number of carbonyl (C=O) groups is 1. The van der Waals surface area contributed by atoms with Gasteiger partial charge in [0.2, 0.25) is 0 Å². The highest BCUT2D eigenvalue weighted by molar-refractivity contribution is 8.00. The molecule has 0 saturated carbocycles. The summed E-state index contributed by atoms with van der Waals surface area (Å²) < 4.78 is 23.6. The average molecular weight is 377 g/mol. The Kier molecular flexibility index (Phi) is 12.6. The molecule has 1 aliphatic heterocycles. The van der Waals surface area contributed by atoms with Crippen molar-refractivity contribution in [2.24, 2.45) is 0 Å². The van der Waals surface area contributed by atoms with E-state index >= 15 is 0 Å². The highest BCUT2D eigenvalue weighted by Gasteiger charge is 2.47. The Morgan fingerprint density at radius 1 is 0.880 bits per heavy atom. The molecule has 0 aromatic rings. The number of thioether (sulfide) groups is 1. The fourth-order valence-electron chi connectivity index (χ4n) is 2.64. The van der Waals surface area contributed by atoms with Crippen LogP contribution in [0.2, 0.25) is 0 Å². The number of hydrogen-bond acceptors (Lipinski definition) is 6. The lowest BCUT2D eigenvalue weighted by Crippen LogP contribution is -2.40. The zero-order valence-corrected chi connectivity index (χ0v) is 17.1. The first kappa shape index (κ1) is 22.7. The lowest BCUT2D eigenvalue weighted by Gasteiger charge is -2.26. The molecule has 1 heterocycles. The molecule has 5 nitrogen and oxygen atoms in total. The van der Waals surface area contributed by atoms with Crippen molar-refractivity contribution in [2.45, 2.75) is 89.1 Å². The fraction of sp³-hybridized carbons (Fsp3) is 0.947. The van der Waals surface area contributed by atoms with Crippen molar-refractivity contribution in [3.05, 3.63) is 0 Å². The van der Waals surface area contributed by atoms with Crippen LogP contribution in [0.1, 0.15) is 66.2 Å². The van der Waals surface area contributed by atoms with Crippen molar-refractivity contribution in [1.82, 2.24) is 0 Å². The zero-order valence-electron chi connectivity index (χ0n) is 16.3. The van der Waals surface area contributed by atoms with E-state index in [4.69, 9.17) is 18.9 Å². The van der Waals surface area contributed by atoms with Gasteiger partial charge < -0.3 is 18.9 Å². The molecule has 1 saturated heterocycles. The summed E-state index contributed by atoms with van der Waals surface area (Å²) in [5.74, 6) is -0.276. The Morgan fingerprint density at radius 3 is 2.00 bits per heavy atom. The summed E-state index contributed by atoms with van der Waals surface area (Å²) in [4.78, 5) is 11.5. The molecule has 0 bridgehead atoms. The van der Waals surface area contributed by atoms with E-state index in [-0.39, 0.29) is 28.9 Å². The first-order valence-electron chi connectivity index (χ1n) is 9.77. The van der Waals surface area contributed by atoms with Gasteiger partial charge in [-0.2, -0.15) is 0 Å². The Morgan fingerprint density at radius 2 is 1.44 bits per heavy atom. The minimum absolute atomic E-state index is 0.0978. The van der Waals surface area contributed by atoms with Crippen LogP contribution in [-0.2, 0) is 23.7 Å². The van der Waals surface area contributed by atoms with Crippen LogP contribution in [0.25, 0.3) is 0 Å². The molecular formula is C19H36O5S. The number of ether oxygens (including phenoxy) is 4. The molecule has 0 radical (unpaired) electrons. The summed E-state index contributed by atoms with van der Waals surface area (Å²) in [5, 5.41) is 0.129. The third-order valence-electron chi connectivity index (χ3n) is 4.09. The molecule has 1 fully saturated rings. The maximum absolute atomic E-state index is 11.5. The highest BCUT2D eigenvalue weighted by atomic mass is 32.2. The van der Waals surface area contributed by atoms with Crippen LogP contribution < -0.4 is 0 Å². The van der Waals surface area contributed by atoms with Crippen LogP contribution in [0.3, 0.4) is 0 Å². The molecule has 6 heteroatoms. The van der Waals surface area contributed by atoms with Crippen molar-refractivity contribution >= 4 is 17.7 Å². The third kappa shape index (κ3) is 8.76. The van der Waals surface area contributed by atoms with Gasteiger partial charge in [0.25, 0.3) is 0 Å². The molecule has 0 amide bonds. The number of carbonyl (C=O) groups excluding carboxylic acids is 1. The molecule has 0 spiro atoms. The Bertz CT molecular complexity index is 353. The second kappa shape index (κ2) is 13.8. The van der Waals surface area contributed by atoms with Gasteiger partial charge in [0, 0.05) is 26.7 Å². The van der Waals surface area contributed by atoms with Crippen LogP contribution in [0, 0.1) is 0 Å². The van der Waals surface area contributed by atoms with Crippen LogP contribution in [0.15, 0.2) is 0 Å². The van der Waals surface area contributed by atoms with E-state index in [1.54, 1.807) is 11.8 Å². The van der Waals surface area contributed by atoms with Crippen LogP contribution in [-0.4, -0.2) is 55.3 Å². The van der Waals surface area contributed by atoms with Gasteiger partial charge >= 0.3 is 5.97 Å². The number of rotatable bonds is 14. The molecule has 1 rings (SSSR count). The molecule has 1 unspecified atom stereocenters. The number of hydrogen-bond donors (Lipinski definition) is 0. The predicted molar refractivity (Wildman–Crippen MR) is 102 cm³/mol. The van der Waals surface area contributed by atoms with Crippen molar-refractivity contribution in [1.29, 1.82) is 0 Å². The van der Waals surface area contributed by atoms with Gasteiger partial charge in [0.05, 0.1) is 11.9 Å². The second-order valence-electron chi connectivity index (χ2n) is 6.46. The van der Waals surface area contributed by atoms with Crippen molar-refractivity contribution in [3.63, 3.8) is 0 Å². The maximum atomic E-state index is 11.5. The molecule has 0 N–H and O–H groups in total. The van der Waals surface area contributed by atoms with Gasteiger partial charge in [0.1, 0.15) is 12.2 Å². The number of unbranched alkanes of at least 4 members (excludes halogenated alkanes) is 3. The van der Waals surface area contributed by atoms with Gasteiger partial charge in [-0.05, 0) is 19.3 Å². The van der Waals surface area contributed by atoms with E-state index in [1.807, 2.05) is 0 Å². The first-order valence-corrected chi connectivity index (χ1v) is 10.7. The van der Waals surface area contributed by atoms with E-state index in [1.165, 1.54) is 6.92 Å². The summed E-state index contributed by atoms with van der Waals surface area (Å²) in [6.45, 7) is 10.6. The molecule has 4 atom stereocenters. The standard InChI is InChI=1S/C19H36O5S/c1-5-8-11-21-14-16-17(22-12-9-6-2)18(23-13-10-7-3)19(25-16)24-15(4)20/h16-19H,5-14H2,1-4H3/t16-,17+,18+,19?/m1/s1. The van der Waals surface area contributed by atoms with Gasteiger partial charge in [-0.15, -0.1) is 11.8 Å². The predicted octanol–water partition coefficient (Wildman–Crippen LogP) is 4.18. The minimum Gasteiger partial charge on any atom is -0.449 e. The van der Waals surface area contributed by atoms with Gasteiger partial charge in [-0.3, -0.25) is 4.79 Å². The molecule has 0 aromatic heterocycles. The van der Waals surface area contributed by atoms with E-state index in [0.29, 0.717) is 19.8 Å². The van der Waals surface area contributed by atoms with E-state index < -0.39 is 0 Å². The fourth-order valence-corrected chi connectivity index (χ4v) is 4.12. The second-order valence-corrected chi connectivity index (χ2v) is 7.80. The van der Waals surface area contributed by atoms with Gasteiger partial charge in [-0.1, -0.05) is 40.0 Å². The van der Waals surface area contributed by atoms with Crippen molar-refractivity contribution in [3.8, 4) is 0 Å². The van der Waals surface area contributed by atoms with Crippen LogP contribution in [0.4, 0.5) is 0 Å². The normalized spacial score (nSPS) is 26.1. The minimum atomic E-state index is -0.319. The molecule has 25 heavy (non-hydrogen) atoms. The zero-order chi connectivity index (χ0) is 18.5. The van der Waals surface area contributed by atoms with E-state index in [0.717, 1.165) is 45.1 Å². The molecule has 148 valence electrons. The van der Waals surface area contributed by atoms with E-state index in [2.05, 4.69) is 20.8 Å². The summed E-state index contributed by atoms with van der Waals surface area (Å²) in [6, 6.07) is 0. The quantitative estimate of drug-likeness (QED) is 0.335. The SMILES string of the molecule is CCCCOC[C@H]1SC(OC(C)=O)[C@@H](OCCCC)[C@H]1OCCCC. The topological polar surface area (TPSA) is 54.0 Å². The largest absolute Gasteiger partial charge is 0.449 e. The van der Waals surface area contributed by atoms with Crippen LogP contribution in [0.5, 0.6) is 0 Å². The van der Waals surface area contributed by atoms with E-state index in [9.17, 15) is 4.79 Å². The lowest BCUT2D eigenvalue weighted by molar-refractivity contribution is -0.153. The summed E-state index contributed by atoms with van der Waals surface area (Å²) in [5.41, 5.74) is -0.319. The lowest BCUT2D eigenvalue weighted by atomic mass is 10.1. The maximum Gasteiger partial charge on any atom is 0.303 e. The molecule has 0 aromatic carbocycles. The van der Waals surface area contributed by atoms with Crippen molar-refractivity contribution in [2.75, 3.05) is 26.4 Å². The highest BCUT2D eigenvalue weighted by Crippen LogP contribution is 2.39. The van der Waals surface area contributed by atoms with Crippen molar-refractivity contribution < 1.29 is 23.7 Å². The molecular weight excluding hydrogens is 340 g/mol. The van der Waals surface area contributed by atoms with Crippen LogP contribution >= 0.6 is 11.8 Å². The molecule has 0 aliphatic carbocycles. The summed E-state index contributed by atoms with van der Waals surface area (Å²) in [7, 11) is 0. The summed E-state index contributed by atoms with van der Waals surface area (Å²) in [6.07, 6.45) is 6.03. The smallest absolute Gasteiger partial charge is 0.303 e. The Balaban J connectivity index is 2.71. The number of esters is 1. The summed E-state index contributed by atoms with van der Waals surface area (Å²) >= 11 is 1.61. The van der Waals surface area contributed by atoms with Gasteiger partial charge in [0.15, 0.2) is 5.44 Å². The van der Waals surface area contributed by atoms with Gasteiger partial charge in [-0.25, -0.2) is 0 Å². The third-order valence-corrected chi connectivity index (χ3v) is 5.48.